The second-order valence-corrected chi connectivity index (χ2v) is 6.96. The van der Waals surface area contributed by atoms with Gasteiger partial charge in [0.05, 0.1) is 18.7 Å². The first-order chi connectivity index (χ1) is 14.4. The number of aryl methyl sites for hydroxylation is 1. The number of benzene rings is 2. The molecular formula is C23H25N3O4. The van der Waals surface area contributed by atoms with Crippen LogP contribution in [0.25, 0.3) is 0 Å². The summed E-state index contributed by atoms with van der Waals surface area (Å²) in [6.07, 6.45) is 1.40. The lowest BCUT2D eigenvalue weighted by Gasteiger charge is -2.19. The molecule has 0 aliphatic carbocycles. The number of carbonyl (C=O) groups is 3. The molecule has 156 valence electrons. The van der Waals surface area contributed by atoms with E-state index in [1.807, 2.05) is 19.9 Å². The summed E-state index contributed by atoms with van der Waals surface area (Å²) in [6, 6.07) is 12.8. The summed E-state index contributed by atoms with van der Waals surface area (Å²) in [4.78, 5) is 41.1. The van der Waals surface area contributed by atoms with Crippen LogP contribution in [0.1, 0.15) is 18.9 Å². The van der Waals surface area contributed by atoms with Crippen molar-refractivity contribution in [2.45, 2.75) is 26.3 Å². The smallest absolute Gasteiger partial charge is 0.332 e. The standard InChI is InChI=1S/C23H25N3O4/c1-4-13-25-20(15-21(27)24-17-9-11-19(12-10-17)30-5-2)22(28)26(23(25)29)18-8-6-7-16(3)14-18/h4,6-12,14,20H,1,5,13,15H2,2-3H3,(H,24,27)/t20-/m1/s1. The van der Waals surface area contributed by atoms with Crippen molar-refractivity contribution in [3.05, 3.63) is 66.7 Å². The van der Waals surface area contributed by atoms with Crippen molar-refractivity contribution in [3.63, 3.8) is 0 Å². The molecule has 0 bridgehead atoms. The minimum Gasteiger partial charge on any atom is -0.494 e. The molecule has 0 radical (unpaired) electrons. The lowest BCUT2D eigenvalue weighted by molar-refractivity contribution is -0.124. The molecule has 7 heteroatoms. The number of rotatable bonds is 8. The number of urea groups is 1. The van der Waals surface area contributed by atoms with Crippen LogP contribution in [0.15, 0.2) is 61.2 Å². The van der Waals surface area contributed by atoms with E-state index in [0.717, 1.165) is 10.5 Å². The van der Waals surface area contributed by atoms with Crippen LogP contribution in [-0.4, -0.2) is 41.9 Å². The molecule has 0 spiro atoms. The van der Waals surface area contributed by atoms with Crippen LogP contribution in [0, 0.1) is 6.92 Å². The van der Waals surface area contributed by atoms with E-state index in [1.165, 1.54) is 4.90 Å². The van der Waals surface area contributed by atoms with E-state index in [4.69, 9.17) is 4.74 Å². The molecule has 1 fully saturated rings. The highest BCUT2D eigenvalue weighted by atomic mass is 16.5. The van der Waals surface area contributed by atoms with Crippen molar-refractivity contribution in [1.29, 1.82) is 0 Å². The van der Waals surface area contributed by atoms with Gasteiger partial charge in [0, 0.05) is 12.2 Å². The molecule has 7 nitrogen and oxygen atoms in total. The quantitative estimate of drug-likeness (QED) is 0.534. The van der Waals surface area contributed by atoms with Gasteiger partial charge >= 0.3 is 6.03 Å². The summed E-state index contributed by atoms with van der Waals surface area (Å²) >= 11 is 0. The Morgan fingerprint density at radius 1 is 1.20 bits per heavy atom. The molecule has 1 N–H and O–H groups in total. The van der Waals surface area contributed by atoms with Gasteiger partial charge in [-0.15, -0.1) is 6.58 Å². The van der Waals surface area contributed by atoms with Gasteiger partial charge in [-0.05, 0) is 55.8 Å². The van der Waals surface area contributed by atoms with Crippen molar-refractivity contribution in [3.8, 4) is 5.75 Å². The van der Waals surface area contributed by atoms with Gasteiger partial charge in [0.25, 0.3) is 5.91 Å². The Morgan fingerprint density at radius 2 is 1.93 bits per heavy atom. The van der Waals surface area contributed by atoms with E-state index in [-0.39, 0.29) is 18.9 Å². The number of ether oxygens (including phenoxy) is 1. The van der Waals surface area contributed by atoms with E-state index >= 15 is 0 Å². The van der Waals surface area contributed by atoms with E-state index in [0.29, 0.717) is 23.7 Å². The lowest BCUT2D eigenvalue weighted by atomic mass is 10.1. The highest BCUT2D eigenvalue weighted by molar-refractivity contribution is 6.22. The van der Waals surface area contributed by atoms with Crippen molar-refractivity contribution in [2.75, 3.05) is 23.4 Å². The van der Waals surface area contributed by atoms with Gasteiger partial charge in [-0.25, -0.2) is 9.69 Å². The number of nitrogens with one attached hydrogen (secondary N) is 1. The van der Waals surface area contributed by atoms with Crippen LogP contribution in [0.5, 0.6) is 5.75 Å². The van der Waals surface area contributed by atoms with Gasteiger partial charge in [-0.2, -0.15) is 0 Å². The molecule has 1 aliphatic rings. The summed E-state index contributed by atoms with van der Waals surface area (Å²) in [6.45, 7) is 8.17. The molecule has 3 rings (SSSR count). The Balaban J connectivity index is 1.75. The summed E-state index contributed by atoms with van der Waals surface area (Å²) in [7, 11) is 0. The fourth-order valence-electron chi connectivity index (χ4n) is 3.37. The molecule has 4 amide bonds. The lowest BCUT2D eigenvalue weighted by Crippen LogP contribution is -2.38. The number of anilines is 2. The van der Waals surface area contributed by atoms with Crippen LogP contribution in [0.2, 0.25) is 0 Å². The predicted molar refractivity (Wildman–Crippen MR) is 116 cm³/mol. The fourth-order valence-corrected chi connectivity index (χ4v) is 3.37. The molecular weight excluding hydrogens is 382 g/mol. The van der Waals surface area contributed by atoms with Crippen molar-refractivity contribution >= 4 is 29.2 Å². The van der Waals surface area contributed by atoms with Gasteiger partial charge < -0.3 is 15.0 Å². The van der Waals surface area contributed by atoms with Crippen LogP contribution in [0.3, 0.4) is 0 Å². The molecule has 1 saturated heterocycles. The number of imide groups is 1. The zero-order valence-electron chi connectivity index (χ0n) is 17.1. The zero-order valence-corrected chi connectivity index (χ0v) is 17.1. The third kappa shape index (κ3) is 4.51. The first-order valence-electron chi connectivity index (χ1n) is 9.79. The number of nitrogens with zero attached hydrogens (tertiary/aromatic N) is 2. The average molecular weight is 407 g/mol. The molecule has 2 aromatic carbocycles. The van der Waals surface area contributed by atoms with Gasteiger partial charge in [0.15, 0.2) is 0 Å². The normalized spacial score (nSPS) is 16.0. The molecule has 2 aromatic rings. The Labute approximate surface area is 175 Å². The second kappa shape index (κ2) is 9.26. The van der Waals surface area contributed by atoms with Crippen LogP contribution >= 0.6 is 0 Å². The monoisotopic (exact) mass is 407 g/mol. The maximum Gasteiger partial charge on any atom is 0.332 e. The first-order valence-corrected chi connectivity index (χ1v) is 9.79. The largest absolute Gasteiger partial charge is 0.494 e. The molecule has 0 aromatic heterocycles. The molecule has 30 heavy (non-hydrogen) atoms. The van der Waals surface area contributed by atoms with Crippen LogP contribution in [0.4, 0.5) is 16.2 Å². The van der Waals surface area contributed by atoms with Gasteiger partial charge in [-0.3, -0.25) is 9.59 Å². The highest BCUT2D eigenvalue weighted by Crippen LogP contribution is 2.27. The Bertz CT molecular complexity index is 955. The maximum atomic E-state index is 13.0. The zero-order chi connectivity index (χ0) is 21.7. The molecule has 0 saturated carbocycles. The number of amides is 4. The Morgan fingerprint density at radius 3 is 2.57 bits per heavy atom. The minimum absolute atomic E-state index is 0.145. The third-order valence-electron chi connectivity index (χ3n) is 4.73. The van der Waals surface area contributed by atoms with Crippen molar-refractivity contribution < 1.29 is 19.1 Å². The number of hydrogen-bond acceptors (Lipinski definition) is 4. The Hall–Kier alpha value is -3.61. The van der Waals surface area contributed by atoms with Gasteiger partial charge in [0.1, 0.15) is 11.8 Å². The predicted octanol–water partition coefficient (Wildman–Crippen LogP) is 3.75. The average Bonchev–Trinajstić information content (AvgIpc) is 2.94. The number of hydrogen-bond donors (Lipinski definition) is 1. The van der Waals surface area contributed by atoms with E-state index in [9.17, 15) is 14.4 Å². The summed E-state index contributed by atoms with van der Waals surface area (Å²) in [5.74, 6) is -0.0715. The fraction of sp³-hybridized carbons (Fsp3) is 0.261. The molecule has 0 unspecified atom stereocenters. The molecule has 1 heterocycles. The van der Waals surface area contributed by atoms with Crippen molar-refractivity contribution in [1.82, 2.24) is 4.90 Å². The first kappa shape index (κ1) is 21.1. The molecule has 1 aliphatic heterocycles. The minimum atomic E-state index is -0.890. The van der Waals surface area contributed by atoms with Crippen LogP contribution < -0.4 is 15.0 Å². The van der Waals surface area contributed by atoms with Gasteiger partial charge in [-0.1, -0.05) is 18.2 Å². The number of carbonyl (C=O) groups excluding carboxylic acids is 3. The summed E-state index contributed by atoms with van der Waals surface area (Å²) in [5, 5.41) is 2.77. The second-order valence-electron chi connectivity index (χ2n) is 6.96. The maximum absolute atomic E-state index is 13.0. The third-order valence-corrected chi connectivity index (χ3v) is 4.73. The van der Waals surface area contributed by atoms with Crippen molar-refractivity contribution in [2.24, 2.45) is 0 Å². The van der Waals surface area contributed by atoms with E-state index < -0.39 is 18.0 Å². The summed E-state index contributed by atoms with van der Waals surface area (Å²) in [5.41, 5.74) is 2.01. The molecule has 1 atom stereocenters. The van der Waals surface area contributed by atoms with E-state index in [1.54, 1.807) is 48.5 Å². The summed E-state index contributed by atoms with van der Waals surface area (Å²) < 4.78 is 5.39. The highest BCUT2D eigenvalue weighted by Gasteiger charge is 2.46. The Kier molecular flexibility index (Phi) is 6.51. The van der Waals surface area contributed by atoms with Gasteiger partial charge in [0.2, 0.25) is 5.91 Å². The van der Waals surface area contributed by atoms with Crippen LogP contribution in [-0.2, 0) is 9.59 Å². The van der Waals surface area contributed by atoms with E-state index in [2.05, 4.69) is 11.9 Å². The SMILES string of the molecule is C=CCN1C(=O)N(c2cccc(C)c2)C(=O)[C@H]1CC(=O)Nc1ccc(OCC)cc1. The topological polar surface area (TPSA) is 79.0 Å².